The highest BCUT2D eigenvalue weighted by atomic mass is 16.6. The van der Waals surface area contributed by atoms with E-state index in [9.17, 15) is 19.5 Å². The molecule has 0 aromatic heterocycles. The van der Waals surface area contributed by atoms with Crippen molar-refractivity contribution < 1.29 is 38.2 Å². The van der Waals surface area contributed by atoms with Gasteiger partial charge in [0.1, 0.15) is 6.61 Å². The first kappa shape index (κ1) is 38.8. The molecule has 0 heterocycles. The molecule has 0 aliphatic carbocycles. The van der Waals surface area contributed by atoms with Crippen molar-refractivity contribution in [2.75, 3.05) is 41.0 Å². The number of hydrogen-bond donors (Lipinski definition) is 1. The third-order valence-electron chi connectivity index (χ3n) is 6.84. The molecule has 0 bridgehead atoms. The number of nitrogens with zero attached hydrogens (tertiary/aromatic N) is 1. The summed E-state index contributed by atoms with van der Waals surface area (Å²) in [5.74, 6) is -1.59. The van der Waals surface area contributed by atoms with Gasteiger partial charge in [-0.25, -0.2) is 4.79 Å². The van der Waals surface area contributed by atoms with Crippen molar-refractivity contribution in [3.8, 4) is 0 Å². The Hall–Kier alpha value is -2.19. The Balaban J connectivity index is 4.62. The fourth-order valence-electron chi connectivity index (χ4n) is 4.29. The summed E-state index contributed by atoms with van der Waals surface area (Å²) < 4.78 is 16.9. The first-order valence-corrected chi connectivity index (χ1v) is 15.9. The Morgan fingerprint density at radius 1 is 0.707 bits per heavy atom. The van der Waals surface area contributed by atoms with Crippen LogP contribution in [0, 0.1) is 0 Å². The molecule has 0 rings (SSSR count). The Labute approximate surface area is 250 Å². The molecule has 0 aliphatic rings. The molecule has 0 saturated heterocycles. The number of unbranched alkanes of at least 4 members (excludes halogenated alkanes) is 9. The summed E-state index contributed by atoms with van der Waals surface area (Å²) in [6.07, 6.45) is 22.6. The molecule has 0 fully saturated rings. The second kappa shape index (κ2) is 25.5. The van der Waals surface area contributed by atoms with Crippen molar-refractivity contribution in [3.05, 3.63) is 24.3 Å². The number of ether oxygens (including phenoxy) is 3. The summed E-state index contributed by atoms with van der Waals surface area (Å²) in [5, 5.41) is 9.51. The van der Waals surface area contributed by atoms with Crippen molar-refractivity contribution in [2.24, 2.45) is 0 Å². The van der Waals surface area contributed by atoms with Gasteiger partial charge in [0.15, 0.2) is 12.1 Å². The van der Waals surface area contributed by atoms with E-state index in [4.69, 9.17) is 14.2 Å². The maximum atomic E-state index is 12.5. The highest BCUT2D eigenvalue weighted by Gasteiger charge is 2.31. The highest BCUT2D eigenvalue weighted by molar-refractivity contribution is 5.72. The predicted octanol–water partition coefficient (Wildman–Crippen LogP) is 7.01. The third-order valence-corrected chi connectivity index (χ3v) is 6.84. The van der Waals surface area contributed by atoms with E-state index in [0.29, 0.717) is 19.3 Å². The molecule has 0 spiro atoms. The normalized spacial score (nSPS) is 13.5. The molecule has 0 aromatic rings. The average Bonchev–Trinajstić information content (AvgIpc) is 2.91. The molecule has 0 radical (unpaired) electrons. The van der Waals surface area contributed by atoms with Crippen molar-refractivity contribution in [1.82, 2.24) is 0 Å². The van der Waals surface area contributed by atoms with Crippen LogP contribution in [-0.4, -0.2) is 80.6 Å². The molecule has 2 unspecified atom stereocenters. The van der Waals surface area contributed by atoms with E-state index in [1.54, 1.807) is 0 Å². The van der Waals surface area contributed by atoms with Crippen LogP contribution in [0.2, 0.25) is 0 Å². The van der Waals surface area contributed by atoms with Crippen LogP contribution in [0.3, 0.4) is 0 Å². The van der Waals surface area contributed by atoms with Gasteiger partial charge in [0, 0.05) is 19.3 Å². The lowest BCUT2D eigenvalue weighted by Crippen LogP contribution is -2.50. The van der Waals surface area contributed by atoms with Crippen LogP contribution in [0.15, 0.2) is 24.3 Å². The summed E-state index contributed by atoms with van der Waals surface area (Å²) in [7, 11) is 5.48. The zero-order chi connectivity index (χ0) is 30.8. The van der Waals surface area contributed by atoms with Gasteiger partial charge >= 0.3 is 17.9 Å². The fraction of sp³-hybridized carbons (Fsp3) is 0.788. The first-order chi connectivity index (χ1) is 19.6. The summed E-state index contributed by atoms with van der Waals surface area (Å²) in [6.45, 7) is 4.54. The number of quaternary nitrogens is 1. The highest BCUT2D eigenvalue weighted by Crippen LogP contribution is 2.10. The van der Waals surface area contributed by atoms with E-state index < -0.39 is 18.1 Å². The largest absolute Gasteiger partial charge is 0.477 e. The van der Waals surface area contributed by atoms with Gasteiger partial charge in [-0.05, 0) is 44.9 Å². The molecule has 238 valence electrons. The van der Waals surface area contributed by atoms with Crippen LogP contribution in [0.5, 0.6) is 0 Å². The number of carboxylic acid groups (broad SMARTS) is 1. The van der Waals surface area contributed by atoms with Gasteiger partial charge in [-0.3, -0.25) is 9.59 Å². The van der Waals surface area contributed by atoms with Crippen LogP contribution in [0.4, 0.5) is 0 Å². The van der Waals surface area contributed by atoms with Crippen molar-refractivity contribution in [2.45, 2.75) is 129 Å². The lowest BCUT2D eigenvalue weighted by molar-refractivity contribution is -0.887. The molecular weight excluding hydrogens is 522 g/mol. The summed E-state index contributed by atoms with van der Waals surface area (Å²) >= 11 is 0. The zero-order valence-electron chi connectivity index (χ0n) is 26.7. The standard InChI is InChI=1S/C33H59NO7/c1-6-8-10-12-14-16-18-20-22-24-32(36)41-29(27-39-26-25-30(33(37)38)34(3,4)5)28-40-31(35)23-21-19-17-15-13-11-9-7-2/h16-19,29-30H,6-15,20-28H2,1-5H3/p+1/b18-16+,19-17+. The number of carbonyl (C=O) groups is 3. The maximum Gasteiger partial charge on any atom is 0.362 e. The lowest BCUT2D eigenvalue weighted by atomic mass is 10.1. The van der Waals surface area contributed by atoms with Crippen LogP contribution in [0.1, 0.15) is 117 Å². The van der Waals surface area contributed by atoms with Gasteiger partial charge in [-0.15, -0.1) is 0 Å². The molecule has 1 N–H and O–H groups in total. The van der Waals surface area contributed by atoms with Crippen molar-refractivity contribution in [1.29, 1.82) is 0 Å². The SMILES string of the molecule is CCCCCC/C=C/CCCC(=O)OC(COCCC(C(=O)O)[N+](C)(C)C)COC(=O)CC/C=C/CCCCCC. The molecule has 0 amide bonds. The second-order valence-corrected chi connectivity index (χ2v) is 11.7. The maximum absolute atomic E-state index is 12.5. The van der Waals surface area contributed by atoms with E-state index in [-0.39, 0.29) is 49.1 Å². The Kier molecular flexibility index (Phi) is 24.2. The average molecular weight is 583 g/mol. The Morgan fingerprint density at radius 2 is 1.27 bits per heavy atom. The molecule has 0 aliphatic heterocycles. The molecular formula is C33H60NO7+. The molecule has 41 heavy (non-hydrogen) atoms. The van der Waals surface area contributed by atoms with Crippen molar-refractivity contribution in [3.63, 3.8) is 0 Å². The Bertz CT molecular complexity index is 742. The number of carbonyl (C=O) groups excluding carboxylic acids is 2. The number of rotatable bonds is 27. The first-order valence-electron chi connectivity index (χ1n) is 15.9. The monoisotopic (exact) mass is 582 g/mol. The number of likely N-dealkylation sites (N-methyl/N-ethyl adjacent to an activating group) is 1. The van der Waals surface area contributed by atoms with Crippen LogP contribution < -0.4 is 0 Å². The van der Waals surface area contributed by atoms with E-state index >= 15 is 0 Å². The number of carboxylic acids is 1. The summed E-state index contributed by atoms with van der Waals surface area (Å²) in [6, 6.07) is -0.617. The molecule has 0 aromatic carbocycles. The van der Waals surface area contributed by atoms with E-state index in [1.807, 2.05) is 27.2 Å². The van der Waals surface area contributed by atoms with Crippen LogP contribution in [0.25, 0.3) is 0 Å². The fourth-order valence-corrected chi connectivity index (χ4v) is 4.29. The van der Waals surface area contributed by atoms with Gasteiger partial charge in [-0.2, -0.15) is 0 Å². The summed E-state index contributed by atoms with van der Waals surface area (Å²) in [5.41, 5.74) is 0. The smallest absolute Gasteiger partial charge is 0.362 e. The number of allylic oxidation sites excluding steroid dienone is 4. The van der Waals surface area contributed by atoms with Gasteiger partial charge in [0.25, 0.3) is 0 Å². The van der Waals surface area contributed by atoms with Crippen molar-refractivity contribution >= 4 is 17.9 Å². The van der Waals surface area contributed by atoms with Crippen LogP contribution in [-0.2, 0) is 28.6 Å². The van der Waals surface area contributed by atoms with Gasteiger partial charge in [0.2, 0.25) is 0 Å². The van der Waals surface area contributed by atoms with E-state index in [2.05, 4.69) is 32.1 Å². The third kappa shape index (κ3) is 24.1. The summed E-state index contributed by atoms with van der Waals surface area (Å²) in [4.78, 5) is 36.3. The van der Waals surface area contributed by atoms with Gasteiger partial charge in [-0.1, -0.05) is 76.7 Å². The predicted molar refractivity (Wildman–Crippen MR) is 165 cm³/mol. The Morgan fingerprint density at radius 3 is 1.80 bits per heavy atom. The minimum absolute atomic E-state index is 0.0395. The second-order valence-electron chi connectivity index (χ2n) is 11.7. The molecule has 8 heteroatoms. The number of hydrogen-bond acceptors (Lipinski definition) is 6. The zero-order valence-corrected chi connectivity index (χ0v) is 26.7. The number of aliphatic carboxylic acids is 1. The minimum atomic E-state index is -0.886. The van der Waals surface area contributed by atoms with Gasteiger partial charge < -0.3 is 23.8 Å². The molecule has 8 nitrogen and oxygen atoms in total. The molecule has 0 saturated carbocycles. The van der Waals surface area contributed by atoms with E-state index in [1.165, 1.54) is 51.4 Å². The van der Waals surface area contributed by atoms with Crippen LogP contribution >= 0.6 is 0 Å². The van der Waals surface area contributed by atoms with Gasteiger partial charge in [0.05, 0.1) is 34.4 Å². The van der Waals surface area contributed by atoms with E-state index in [0.717, 1.165) is 19.3 Å². The lowest BCUT2D eigenvalue weighted by Gasteiger charge is -2.31. The minimum Gasteiger partial charge on any atom is -0.477 e. The molecule has 2 atom stereocenters. The number of esters is 2. The quantitative estimate of drug-likeness (QED) is 0.0481. The topological polar surface area (TPSA) is 99.1 Å².